The number of aryl methyl sites for hydroxylation is 1. The van der Waals surface area contributed by atoms with Gasteiger partial charge in [0, 0.05) is 36.1 Å². The lowest BCUT2D eigenvalue weighted by atomic mass is 10.1. The number of thioether (sulfide) groups is 1. The highest BCUT2D eigenvalue weighted by Gasteiger charge is 2.26. The molecule has 26 heavy (non-hydrogen) atoms. The second-order valence-corrected chi connectivity index (χ2v) is 8.14. The van der Waals surface area contributed by atoms with E-state index in [4.69, 9.17) is 0 Å². The van der Waals surface area contributed by atoms with Gasteiger partial charge in [-0.2, -0.15) is 0 Å². The molecule has 0 aromatic heterocycles. The highest BCUT2D eigenvalue weighted by Crippen LogP contribution is 2.38. The SMILES string of the molecule is Cc1ccc(CNC(=O)CCC(=O)N2C[C@@H](C)Sc3ccccc32)cc1. The number of rotatable bonds is 5. The van der Waals surface area contributed by atoms with Crippen molar-refractivity contribution in [2.75, 3.05) is 11.4 Å². The summed E-state index contributed by atoms with van der Waals surface area (Å²) in [4.78, 5) is 27.7. The topological polar surface area (TPSA) is 49.4 Å². The van der Waals surface area contributed by atoms with Crippen LogP contribution in [0.25, 0.3) is 0 Å². The van der Waals surface area contributed by atoms with Gasteiger partial charge in [0.1, 0.15) is 0 Å². The molecule has 1 aliphatic heterocycles. The first kappa shape index (κ1) is 18.5. The molecule has 2 aromatic rings. The van der Waals surface area contributed by atoms with Crippen LogP contribution in [0.2, 0.25) is 0 Å². The van der Waals surface area contributed by atoms with Crippen molar-refractivity contribution in [1.82, 2.24) is 5.32 Å². The highest BCUT2D eigenvalue weighted by molar-refractivity contribution is 8.00. The maximum Gasteiger partial charge on any atom is 0.227 e. The summed E-state index contributed by atoms with van der Waals surface area (Å²) in [7, 11) is 0. The minimum absolute atomic E-state index is 0.00934. The standard InChI is InChI=1S/C21H24N2O2S/c1-15-7-9-17(10-8-15)13-22-20(24)11-12-21(25)23-14-16(2)26-19-6-4-3-5-18(19)23/h3-10,16H,11-14H2,1-2H3,(H,22,24)/t16-/m1/s1. The molecule has 0 saturated carbocycles. The van der Waals surface area contributed by atoms with E-state index in [-0.39, 0.29) is 24.7 Å². The van der Waals surface area contributed by atoms with Crippen molar-refractivity contribution in [1.29, 1.82) is 0 Å². The van der Waals surface area contributed by atoms with Crippen molar-refractivity contribution in [3.8, 4) is 0 Å². The minimum atomic E-state index is -0.0911. The predicted molar refractivity (Wildman–Crippen MR) is 106 cm³/mol. The van der Waals surface area contributed by atoms with Gasteiger partial charge in [0.15, 0.2) is 0 Å². The fourth-order valence-electron chi connectivity index (χ4n) is 2.98. The Morgan fingerprint density at radius 3 is 2.62 bits per heavy atom. The van der Waals surface area contributed by atoms with Crippen molar-refractivity contribution in [3.05, 3.63) is 59.7 Å². The minimum Gasteiger partial charge on any atom is -0.352 e. The Labute approximate surface area is 159 Å². The Balaban J connectivity index is 1.52. The molecule has 2 aromatic carbocycles. The molecule has 2 amide bonds. The normalized spacial score (nSPS) is 16.1. The van der Waals surface area contributed by atoms with Crippen LogP contribution in [-0.2, 0) is 16.1 Å². The number of nitrogens with zero attached hydrogens (tertiary/aromatic N) is 1. The lowest BCUT2D eigenvalue weighted by Crippen LogP contribution is -2.39. The predicted octanol–water partition coefficient (Wildman–Crippen LogP) is 3.92. The molecular weight excluding hydrogens is 344 g/mol. The zero-order valence-corrected chi connectivity index (χ0v) is 16.0. The monoisotopic (exact) mass is 368 g/mol. The third kappa shape index (κ3) is 4.67. The summed E-state index contributed by atoms with van der Waals surface area (Å²) >= 11 is 1.79. The van der Waals surface area contributed by atoms with Crippen molar-refractivity contribution in [2.45, 2.75) is 43.4 Å². The number of benzene rings is 2. The van der Waals surface area contributed by atoms with E-state index in [0.717, 1.165) is 16.1 Å². The van der Waals surface area contributed by atoms with E-state index >= 15 is 0 Å². The van der Waals surface area contributed by atoms with E-state index in [0.29, 0.717) is 18.3 Å². The van der Waals surface area contributed by atoms with Crippen molar-refractivity contribution < 1.29 is 9.59 Å². The molecule has 0 bridgehead atoms. The van der Waals surface area contributed by atoms with Crippen LogP contribution >= 0.6 is 11.8 Å². The first-order valence-corrected chi connectivity index (χ1v) is 9.79. The van der Waals surface area contributed by atoms with Gasteiger partial charge in [0.2, 0.25) is 11.8 Å². The van der Waals surface area contributed by atoms with Crippen LogP contribution in [0.5, 0.6) is 0 Å². The van der Waals surface area contributed by atoms with Gasteiger partial charge in [-0.05, 0) is 24.6 Å². The third-order valence-electron chi connectivity index (χ3n) is 4.40. The van der Waals surface area contributed by atoms with Crippen LogP contribution in [0.4, 0.5) is 5.69 Å². The summed E-state index contributed by atoms with van der Waals surface area (Å²) in [5.74, 6) is -0.0817. The van der Waals surface area contributed by atoms with Crippen LogP contribution < -0.4 is 10.2 Å². The maximum atomic E-state index is 12.7. The molecule has 136 valence electrons. The summed E-state index contributed by atoms with van der Waals surface area (Å²) in [6, 6.07) is 16.0. The molecule has 1 N–H and O–H groups in total. The van der Waals surface area contributed by atoms with Gasteiger partial charge >= 0.3 is 0 Å². The number of hydrogen-bond donors (Lipinski definition) is 1. The van der Waals surface area contributed by atoms with Crippen LogP contribution in [0, 0.1) is 6.92 Å². The molecule has 0 fully saturated rings. The highest BCUT2D eigenvalue weighted by atomic mass is 32.2. The zero-order valence-electron chi connectivity index (χ0n) is 15.2. The average Bonchev–Trinajstić information content (AvgIpc) is 2.65. The summed E-state index contributed by atoms with van der Waals surface area (Å²) in [6.45, 7) is 5.33. The van der Waals surface area contributed by atoms with Gasteiger partial charge in [-0.15, -0.1) is 11.8 Å². The van der Waals surface area contributed by atoms with Gasteiger partial charge < -0.3 is 10.2 Å². The van der Waals surface area contributed by atoms with E-state index in [1.54, 1.807) is 11.8 Å². The Kier molecular flexibility index (Phi) is 5.99. The van der Waals surface area contributed by atoms with Crippen molar-refractivity contribution in [2.24, 2.45) is 0 Å². The molecule has 0 unspecified atom stereocenters. The average molecular weight is 369 g/mol. The van der Waals surface area contributed by atoms with Gasteiger partial charge in [-0.3, -0.25) is 9.59 Å². The fraction of sp³-hybridized carbons (Fsp3) is 0.333. The quantitative estimate of drug-likeness (QED) is 0.870. The number of nitrogens with one attached hydrogen (secondary N) is 1. The lowest BCUT2D eigenvalue weighted by Gasteiger charge is -2.32. The van der Waals surface area contributed by atoms with Gasteiger partial charge in [-0.25, -0.2) is 0 Å². The Morgan fingerprint density at radius 2 is 1.85 bits per heavy atom. The number of anilines is 1. The van der Waals surface area contributed by atoms with Crippen LogP contribution in [0.1, 0.15) is 30.9 Å². The summed E-state index contributed by atoms with van der Waals surface area (Å²) in [5, 5.41) is 3.24. The van der Waals surface area contributed by atoms with E-state index < -0.39 is 0 Å². The van der Waals surface area contributed by atoms with Crippen molar-refractivity contribution >= 4 is 29.3 Å². The summed E-state index contributed by atoms with van der Waals surface area (Å²) < 4.78 is 0. The second-order valence-electron chi connectivity index (χ2n) is 6.66. The van der Waals surface area contributed by atoms with Crippen LogP contribution in [-0.4, -0.2) is 23.6 Å². The third-order valence-corrected chi connectivity index (χ3v) is 5.55. The van der Waals surface area contributed by atoms with Gasteiger partial charge in [0.05, 0.1) is 5.69 Å². The maximum absolute atomic E-state index is 12.7. The van der Waals surface area contributed by atoms with E-state index in [9.17, 15) is 9.59 Å². The molecule has 0 radical (unpaired) electrons. The van der Waals surface area contributed by atoms with E-state index in [2.05, 4.69) is 12.2 Å². The smallest absolute Gasteiger partial charge is 0.227 e. The van der Waals surface area contributed by atoms with Crippen LogP contribution in [0.15, 0.2) is 53.4 Å². The molecule has 4 nitrogen and oxygen atoms in total. The first-order valence-electron chi connectivity index (χ1n) is 8.91. The number of hydrogen-bond acceptors (Lipinski definition) is 3. The number of fused-ring (bicyclic) bond motifs is 1. The van der Waals surface area contributed by atoms with Gasteiger partial charge in [0.25, 0.3) is 0 Å². The Bertz CT molecular complexity index is 789. The van der Waals surface area contributed by atoms with Gasteiger partial charge in [-0.1, -0.05) is 48.9 Å². The van der Waals surface area contributed by atoms with Crippen molar-refractivity contribution in [3.63, 3.8) is 0 Å². The second kappa shape index (κ2) is 8.41. The lowest BCUT2D eigenvalue weighted by molar-refractivity contribution is -0.125. The summed E-state index contributed by atoms with van der Waals surface area (Å²) in [6.07, 6.45) is 0.441. The largest absolute Gasteiger partial charge is 0.352 e. The molecule has 1 heterocycles. The zero-order chi connectivity index (χ0) is 18.5. The molecule has 0 saturated heterocycles. The fourth-order valence-corrected chi connectivity index (χ4v) is 4.09. The summed E-state index contributed by atoms with van der Waals surface area (Å²) in [5.41, 5.74) is 3.21. The molecule has 0 aliphatic carbocycles. The Hall–Kier alpha value is -2.27. The number of para-hydroxylation sites is 1. The molecule has 3 rings (SSSR count). The first-order chi connectivity index (χ1) is 12.5. The number of carbonyl (C=O) groups is 2. The molecule has 1 aliphatic rings. The molecule has 1 atom stereocenters. The van der Waals surface area contributed by atoms with E-state index in [1.807, 2.05) is 60.4 Å². The number of amides is 2. The Morgan fingerprint density at radius 1 is 1.12 bits per heavy atom. The molecular formula is C21H24N2O2S. The number of carbonyl (C=O) groups excluding carboxylic acids is 2. The molecule has 5 heteroatoms. The van der Waals surface area contributed by atoms with Crippen LogP contribution in [0.3, 0.4) is 0 Å². The van der Waals surface area contributed by atoms with E-state index in [1.165, 1.54) is 5.56 Å². The molecule has 0 spiro atoms.